The Balaban J connectivity index is 2.59. The first-order valence-corrected chi connectivity index (χ1v) is 7.40. The van der Waals surface area contributed by atoms with Crippen molar-refractivity contribution in [1.82, 2.24) is 10.2 Å². The summed E-state index contributed by atoms with van der Waals surface area (Å²) in [5.41, 5.74) is 0.159. The molecule has 0 aromatic heterocycles. The first-order valence-electron chi connectivity index (χ1n) is 7.40. The molecule has 0 aromatic rings. The lowest BCUT2D eigenvalue weighted by molar-refractivity contribution is -0.0798. The minimum absolute atomic E-state index is 0.159. The number of hydrogen-bond donors (Lipinski definition) is 1. The first-order chi connectivity index (χ1) is 8.34. The fourth-order valence-corrected chi connectivity index (χ4v) is 2.71. The quantitative estimate of drug-likeness (QED) is 0.789. The van der Waals surface area contributed by atoms with Crippen molar-refractivity contribution in [2.75, 3.05) is 32.8 Å². The molecule has 1 rings (SSSR count). The zero-order valence-electron chi connectivity index (χ0n) is 13.1. The normalized spacial score (nSPS) is 22.7. The van der Waals surface area contributed by atoms with Gasteiger partial charge in [-0.1, -0.05) is 27.7 Å². The third-order valence-corrected chi connectivity index (χ3v) is 3.79. The van der Waals surface area contributed by atoms with Gasteiger partial charge in [0.05, 0.1) is 13.2 Å². The van der Waals surface area contributed by atoms with Crippen LogP contribution in [-0.4, -0.2) is 49.3 Å². The van der Waals surface area contributed by atoms with Crippen molar-refractivity contribution in [3.05, 3.63) is 0 Å². The highest BCUT2D eigenvalue weighted by atomic mass is 16.5. The summed E-state index contributed by atoms with van der Waals surface area (Å²) in [6.45, 7) is 18.7. The molecule has 108 valence electrons. The summed E-state index contributed by atoms with van der Waals surface area (Å²) in [6.07, 6.45) is 0. The lowest BCUT2D eigenvalue weighted by atomic mass is 9.93. The molecular weight excluding hydrogens is 224 g/mol. The maximum absolute atomic E-state index is 5.63. The van der Waals surface area contributed by atoms with Crippen molar-refractivity contribution < 1.29 is 4.74 Å². The van der Waals surface area contributed by atoms with E-state index in [4.69, 9.17) is 4.74 Å². The van der Waals surface area contributed by atoms with Crippen molar-refractivity contribution in [2.24, 2.45) is 11.8 Å². The van der Waals surface area contributed by atoms with Crippen LogP contribution in [0, 0.1) is 11.8 Å². The number of nitrogens with one attached hydrogen (secondary N) is 1. The molecule has 1 unspecified atom stereocenters. The third-order valence-electron chi connectivity index (χ3n) is 3.79. The van der Waals surface area contributed by atoms with Gasteiger partial charge in [-0.3, -0.25) is 4.90 Å². The molecule has 3 nitrogen and oxygen atoms in total. The SMILES string of the molecule is CC(C)CNCC(C(C)C)N1CCOCC1(C)C. The van der Waals surface area contributed by atoms with Gasteiger partial charge in [0, 0.05) is 24.7 Å². The van der Waals surface area contributed by atoms with Crippen molar-refractivity contribution in [2.45, 2.75) is 53.1 Å². The standard InChI is InChI=1S/C15H32N2O/c1-12(2)9-16-10-14(13(3)4)17-7-8-18-11-15(17,5)6/h12-14,16H,7-11H2,1-6H3. The highest BCUT2D eigenvalue weighted by Crippen LogP contribution is 2.25. The Kier molecular flexibility index (Phi) is 6.09. The van der Waals surface area contributed by atoms with Gasteiger partial charge in [0.25, 0.3) is 0 Å². The van der Waals surface area contributed by atoms with Crippen LogP contribution in [0.15, 0.2) is 0 Å². The monoisotopic (exact) mass is 256 g/mol. The second-order valence-electron chi connectivity index (χ2n) is 6.92. The highest BCUT2D eigenvalue weighted by Gasteiger charge is 2.36. The van der Waals surface area contributed by atoms with Gasteiger partial charge in [-0.2, -0.15) is 0 Å². The van der Waals surface area contributed by atoms with E-state index in [9.17, 15) is 0 Å². The van der Waals surface area contributed by atoms with Crippen molar-refractivity contribution in [1.29, 1.82) is 0 Å². The van der Waals surface area contributed by atoms with Gasteiger partial charge in [-0.15, -0.1) is 0 Å². The van der Waals surface area contributed by atoms with E-state index in [1.54, 1.807) is 0 Å². The van der Waals surface area contributed by atoms with Gasteiger partial charge in [0.2, 0.25) is 0 Å². The minimum Gasteiger partial charge on any atom is -0.378 e. The predicted molar refractivity (Wildman–Crippen MR) is 77.9 cm³/mol. The molecule has 1 saturated heterocycles. The molecule has 1 atom stereocenters. The van der Waals surface area contributed by atoms with Crippen LogP contribution >= 0.6 is 0 Å². The van der Waals surface area contributed by atoms with Crippen molar-refractivity contribution >= 4 is 0 Å². The Morgan fingerprint density at radius 3 is 2.33 bits per heavy atom. The maximum Gasteiger partial charge on any atom is 0.0645 e. The summed E-state index contributed by atoms with van der Waals surface area (Å²) in [5, 5.41) is 3.62. The Labute approximate surface area is 113 Å². The molecule has 0 saturated carbocycles. The molecule has 0 bridgehead atoms. The Hall–Kier alpha value is -0.120. The van der Waals surface area contributed by atoms with Crippen LogP contribution in [0.25, 0.3) is 0 Å². The van der Waals surface area contributed by atoms with E-state index < -0.39 is 0 Å². The van der Waals surface area contributed by atoms with Crippen LogP contribution in [0.3, 0.4) is 0 Å². The molecule has 1 fully saturated rings. The van der Waals surface area contributed by atoms with Crippen LogP contribution in [0.5, 0.6) is 0 Å². The van der Waals surface area contributed by atoms with Crippen molar-refractivity contribution in [3.63, 3.8) is 0 Å². The lowest BCUT2D eigenvalue weighted by Crippen LogP contribution is -2.60. The Morgan fingerprint density at radius 2 is 1.83 bits per heavy atom. The summed E-state index contributed by atoms with van der Waals surface area (Å²) in [6, 6.07) is 0.600. The molecule has 18 heavy (non-hydrogen) atoms. The number of morpholine rings is 1. The van der Waals surface area contributed by atoms with Gasteiger partial charge in [-0.05, 0) is 32.2 Å². The van der Waals surface area contributed by atoms with Gasteiger partial charge >= 0.3 is 0 Å². The molecule has 0 aliphatic carbocycles. The van der Waals surface area contributed by atoms with E-state index in [2.05, 4.69) is 51.8 Å². The molecule has 3 heteroatoms. The molecule has 1 aliphatic rings. The highest BCUT2D eigenvalue weighted by molar-refractivity contribution is 4.91. The number of nitrogens with zero attached hydrogens (tertiary/aromatic N) is 1. The Morgan fingerprint density at radius 1 is 1.17 bits per heavy atom. The van der Waals surface area contributed by atoms with E-state index >= 15 is 0 Å². The largest absolute Gasteiger partial charge is 0.378 e. The molecule has 0 spiro atoms. The van der Waals surface area contributed by atoms with Gasteiger partial charge in [0.15, 0.2) is 0 Å². The predicted octanol–water partition coefficient (Wildman–Crippen LogP) is 2.37. The summed E-state index contributed by atoms with van der Waals surface area (Å²) in [5.74, 6) is 1.39. The molecule has 1 heterocycles. The van der Waals surface area contributed by atoms with Crippen LogP contribution in [0.4, 0.5) is 0 Å². The zero-order chi connectivity index (χ0) is 13.8. The summed E-state index contributed by atoms with van der Waals surface area (Å²) >= 11 is 0. The average Bonchev–Trinajstić information content (AvgIpc) is 2.24. The lowest BCUT2D eigenvalue weighted by Gasteiger charge is -2.48. The molecule has 1 aliphatic heterocycles. The fourth-order valence-electron chi connectivity index (χ4n) is 2.71. The van der Waals surface area contributed by atoms with E-state index in [0.717, 1.165) is 38.8 Å². The number of ether oxygens (including phenoxy) is 1. The smallest absolute Gasteiger partial charge is 0.0645 e. The molecule has 0 aromatic carbocycles. The van der Waals surface area contributed by atoms with Gasteiger partial charge in [-0.25, -0.2) is 0 Å². The van der Waals surface area contributed by atoms with Crippen LogP contribution in [-0.2, 0) is 4.74 Å². The summed E-state index contributed by atoms with van der Waals surface area (Å²) < 4.78 is 5.63. The van der Waals surface area contributed by atoms with E-state index in [1.807, 2.05) is 0 Å². The molecule has 0 amide bonds. The topological polar surface area (TPSA) is 24.5 Å². The zero-order valence-corrected chi connectivity index (χ0v) is 13.1. The fraction of sp³-hybridized carbons (Fsp3) is 1.00. The van der Waals surface area contributed by atoms with E-state index in [-0.39, 0.29) is 5.54 Å². The van der Waals surface area contributed by atoms with E-state index in [0.29, 0.717) is 12.0 Å². The van der Waals surface area contributed by atoms with Crippen LogP contribution in [0.1, 0.15) is 41.5 Å². The number of hydrogen-bond acceptors (Lipinski definition) is 3. The minimum atomic E-state index is 0.159. The molecular formula is C15H32N2O. The first kappa shape index (κ1) is 15.9. The molecule has 0 radical (unpaired) electrons. The van der Waals surface area contributed by atoms with Crippen LogP contribution in [0.2, 0.25) is 0 Å². The number of rotatable bonds is 6. The summed E-state index contributed by atoms with van der Waals surface area (Å²) in [4.78, 5) is 2.63. The molecule has 1 N–H and O–H groups in total. The van der Waals surface area contributed by atoms with Crippen LogP contribution < -0.4 is 5.32 Å². The Bertz CT molecular complexity index is 239. The van der Waals surface area contributed by atoms with Gasteiger partial charge < -0.3 is 10.1 Å². The van der Waals surface area contributed by atoms with Gasteiger partial charge in [0.1, 0.15) is 0 Å². The second kappa shape index (κ2) is 6.88. The maximum atomic E-state index is 5.63. The van der Waals surface area contributed by atoms with Crippen molar-refractivity contribution in [3.8, 4) is 0 Å². The average molecular weight is 256 g/mol. The summed E-state index contributed by atoms with van der Waals surface area (Å²) in [7, 11) is 0. The van der Waals surface area contributed by atoms with E-state index in [1.165, 1.54) is 0 Å². The second-order valence-corrected chi connectivity index (χ2v) is 6.92. The third kappa shape index (κ3) is 4.52.